The first kappa shape index (κ1) is 10.7. The van der Waals surface area contributed by atoms with E-state index >= 15 is 0 Å². The molecule has 1 aromatic heterocycles. The number of Topliss-reactive ketones (excluding diaryl/α,β-unsaturated/α-hetero) is 1. The van der Waals surface area contributed by atoms with Crippen LogP contribution < -0.4 is 5.32 Å². The molecule has 4 nitrogen and oxygen atoms in total. The number of hydrogen-bond donors (Lipinski definition) is 1. The number of ketones is 1. The van der Waals surface area contributed by atoms with Crippen molar-refractivity contribution in [2.75, 3.05) is 12.4 Å². The molecule has 0 aromatic carbocycles. The second-order valence-corrected chi connectivity index (χ2v) is 4.90. The van der Waals surface area contributed by atoms with Crippen molar-refractivity contribution in [1.82, 2.24) is 9.88 Å². The zero-order valence-electron chi connectivity index (χ0n) is 10.2. The number of likely N-dealkylation sites (tertiary alicyclic amines) is 1. The first-order chi connectivity index (χ1) is 8.22. The summed E-state index contributed by atoms with van der Waals surface area (Å²) in [4.78, 5) is 18.2. The monoisotopic (exact) mass is 231 g/mol. The Morgan fingerprint density at radius 1 is 1.65 bits per heavy atom. The summed E-state index contributed by atoms with van der Waals surface area (Å²) in [6.45, 7) is 1.94. The van der Waals surface area contributed by atoms with Crippen molar-refractivity contribution in [3.8, 4) is 0 Å². The maximum Gasteiger partial charge on any atom is 0.149 e. The van der Waals surface area contributed by atoms with Crippen LogP contribution in [0.25, 0.3) is 0 Å². The highest BCUT2D eigenvalue weighted by Gasteiger charge is 2.46. The molecule has 0 bridgehead atoms. The van der Waals surface area contributed by atoms with E-state index < -0.39 is 0 Å². The molecule has 3 rings (SSSR count). The van der Waals surface area contributed by atoms with Crippen LogP contribution in [-0.2, 0) is 4.79 Å². The molecule has 90 valence electrons. The minimum atomic E-state index is 0.0730. The van der Waals surface area contributed by atoms with Gasteiger partial charge in [0.15, 0.2) is 0 Å². The van der Waals surface area contributed by atoms with Gasteiger partial charge in [-0.3, -0.25) is 14.7 Å². The molecular weight excluding hydrogens is 214 g/mol. The summed E-state index contributed by atoms with van der Waals surface area (Å²) in [7, 11) is 2.04. The fourth-order valence-electron chi connectivity index (χ4n) is 3.12. The van der Waals surface area contributed by atoms with E-state index in [0.29, 0.717) is 18.1 Å². The summed E-state index contributed by atoms with van der Waals surface area (Å²) in [6, 6.07) is 2.14. The van der Waals surface area contributed by atoms with E-state index in [9.17, 15) is 4.79 Å². The Hall–Kier alpha value is -1.42. The van der Waals surface area contributed by atoms with Crippen molar-refractivity contribution in [2.45, 2.75) is 37.9 Å². The molecule has 1 fully saturated rings. The Labute approximate surface area is 101 Å². The van der Waals surface area contributed by atoms with E-state index in [1.54, 1.807) is 0 Å². The van der Waals surface area contributed by atoms with Crippen LogP contribution in [0.5, 0.6) is 0 Å². The molecule has 0 radical (unpaired) electrons. The van der Waals surface area contributed by atoms with Crippen LogP contribution in [0.2, 0.25) is 0 Å². The van der Waals surface area contributed by atoms with E-state index in [0.717, 1.165) is 12.1 Å². The topological polar surface area (TPSA) is 45.2 Å². The molecule has 3 unspecified atom stereocenters. The molecule has 3 atom stereocenters. The molecule has 1 saturated heterocycles. The number of rotatable bonds is 2. The molecule has 2 aliphatic rings. The maximum absolute atomic E-state index is 11.9. The molecule has 3 heterocycles. The van der Waals surface area contributed by atoms with Crippen LogP contribution in [-0.4, -0.2) is 34.9 Å². The number of carbonyl (C=O) groups excluding carboxylic acids is 1. The molecule has 4 heteroatoms. The van der Waals surface area contributed by atoms with Gasteiger partial charge >= 0.3 is 0 Å². The molecule has 0 spiro atoms. The second kappa shape index (κ2) is 3.81. The lowest BCUT2D eigenvalue weighted by atomic mass is 9.95. The van der Waals surface area contributed by atoms with Crippen molar-refractivity contribution >= 4 is 11.5 Å². The smallest absolute Gasteiger partial charge is 0.149 e. The average molecular weight is 231 g/mol. The molecule has 0 amide bonds. The van der Waals surface area contributed by atoms with Gasteiger partial charge in [0.1, 0.15) is 5.78 Å². The average Bonchev–Trinajstić information content (AvgIpc) is 2.86. The third-order valence-corrected chi connectivity index (χ3v) is 4.07. The fraction of sp³-hybridized carbons (Fsp3) is 0.538. The summed E-state index contributed by atoms with van der Waals surface area (Å²) in [6.07, 6.45) is 5.51. The third kappa shape index (κ3) is 1.47. The van der Waals surface area contributed by atoms with Crippen LogP contribution in [0.3, 0.4) is 0 Å². The van der Waals surface area contributed by atoms with Gasteiger partial charge in [-0.2, -0.15) is 0 Å². The standard InChI is InChI=1S/C13H17N3O/c1-3-12(17)11-6-9-8-4-5-14-7-10(8)15-13(9)16(11)2/h4-5,7,9,11,13,15H,3,6H2,1-2H3. The Bertz CT molecular complexity index is 460. The number of aromatic nitrogens is 1. The van der Waals surface area contributed by atoms with Gasteiger partial charge in [-0.05, 0) is 25.1 Å². The number of anilines is 1. The second-order valence-electron chi connectivity index (χ2n) is 4.90. The van der Waals surface area contributed by atoms with Gasteiger partial charge in [0, 0.05) is 18.5 Å². The van der Waals surface area contributed by atoms with Crippen LogP contribution in [0.15, 0.2) is 18.5 Å². The first-order valence-corrected chi connectivity index (χ1v) is 6.17. The summed E-state index contributed by atoms with van der Waals surface area (Å²) in [5, 5.41) is 3.47. The predicted octanol–water partition coefficient (Wildman–Crippen LogP) is 1.60. The predicted molar refractivity (Wildman–Crippen MR) is 65.9 cm³/mol. The van der Waals surface area contributed by atoms with Gasteiger partial charge in [-0.15, -0.1) is 0 Å². The first-order valence-electron chi connectivity index (χ1n) is 6.17. The van der Waals surface area contributed by atoms with Crippen LogP contribution in [0.4, 0.5) is 5.69 Å². The third-order valence-electron chi connectivity index (χ3n) is 4.07. The van der Waals surface area contributed by atoms with E-state index in [4.69, 9.17) is 0 Å². The van der Waals surface area contributed by atoms with Crippen molar-refractivity contribution < 1.29 is 4.79 Å². The van der Waals surface area contributed by atoms with Crippen molar-refractivity contribution in [3.63, 3.8) is 0 Å². The minimum Gasteiger partial charge on any atom is -0.368 e. The Kier molecular flexibility index (Phi) is 2.40. The highest BCUT2D eigenvalue weighted by Crippen LogP contribution is 2.45. The van der Waals surface area contributed by atoms with E-state index in [2.05, 4.69) is 21.3 Å². The molecule has 1 aromatic rings. The highest BCUT2D eigenvalue weighted by molar-refractivity contribution is 5.84. The van der Waals surface area contributed by atoms with Gasteiger partial charge in [0.05, 0.1) is 24.1 Å². The van der Waals surface area contributed by atoms with Gasteiger partial charge < -0.3 is 5.32 Å². The fourth-order valence-corrected chi connectivity index (χ4v) is 3.12. The van der Waals surface area contributed by atoms with Crippen molar-refractivity contribution in [1.29, 1.82) is 0 Å². The van der Waals surface area contributed by atoms with Gasteiger partial charge in [-0.1, -0.05) is 6.92 Å². The number of pyridine rings is 1. The number of nitrogens with one attached hydrogen (secondary N) is 1. The normalized spacial score (nSPS) is 30.8. The van der Waals surface area contributed by atoms with Gasteiger partial charge in [-0.25, -0.2) is 0 Å². The van der Waals surface area contributed by atoms with E-state index in [1.165, 1.54) is 5.56 Å². The molecular formula is C13H17N3O. The summed E-state index contributed by atoms with van der Waals surface area (Å²) in [5.74, 6) is 0.776. The van der Waals surface area contributed by atoms with Crippen molar-refractivity contribution in [3.05, 3.63) is 24.0 Å². The van der Waals surface area contributed by atoms with Crippen molar-refractivity contribution in [2.24, 2.45) is 0 Å². The molecule has 1 N–H and O–H groups in total. The summed E-state index contributed by atoms with van der Waals surface area (Å²) >= 11 is 0. The summed E-state index contributed by atoms with van der Waals surface area (Å²) < 4.78 is 0. The Balaban J connectivity index is 1.90. The number of fused-ring (bicyclic) bond motifs is 3. The largest absolute Gasteiger partial charge is 0.368 e. The lowest BCUT2D eigenvalue weighted by Gasteiger charge is -2.24. The van der Waals surface area contributed by atoms with E-state index in [1.807, 2.05) is 26.4 Å². The molecule has 17 heavy (non-hydrogen) atoms. The summed E-state index contributed by atoms with van der Waals surface area (Å²) in [5.41, 5.74) is 2.43. The van der Waals surface area contributed by atoms with Crippen LogP contribution in [0, 0.1) is 0 Å². The molecule has 2 aliphatic heterocycles. The number of likely N-dealkylation sites (N-methyl/N-ethyl adjacent to an activating group) is 1. The number of hydrogen-bond acceptors (Lipinski definition) is 4. The zero-order chi connectivity index (χ0) is 12.0. The lowest BCUT2D eigenvalue weighted by molar-refractivity contribution is -0.122. The zero-order valence-corrected chi connectivity index (χ0v) is 10.2. The van der Waals surface area contributed by atoms with Crippen LogP contribution >= 0.6 is 0 Å². The molecule has 0 saturated carbocycles. The number of nitrogens with zero attached hydrogens (tertiary/aromatic N) is 2. The molecule has 0 aliphatic carbocycles. The quantitative estimate of drug-likeness (QED) is 0.839. The van der Waals surface area contributed by atoms with Gasteiger partial charge in [0.25, 0.3) is 0 Å². The SMILES string of the molecule is CCC(=O)C1CC2c3ccncc3NC2N1C. The lowest BCUT2D eigenvalue weighted by Crippen LogP contribution is -2.40. The Morgan fingerprint density at radius 3 is 3.24 bits per heavy atom. The minimum absolute atomic E-state index is 0.0730. The Morgan fingerprint density at radius 2 is 2.47 bits per heavy atom. The van der Waals surface area contributed by atoms with Gasteiger partial charge in [0.2, 0.25) is 0 Å². The van der Waals surface area contributed by atoms with E-state index in [-0.39, 0.29) is 12.2 Å². The maximum atomic E-state index is 11.9. The van der Waals surface area contributed by atoms with Crippen LogP contribution in [0.1, 0.15) is 31.2 Å². The number of carbonyl (C=O) groups is 1. The highest BCUT2D eigenvalue weighted by atomic mass is 16.1.